The van der Waals surface area contributed by atoms with Crippen molar-refractivity contribution in [3.63, 3.8) is 0 Å². The van der Waals surface area contributed by atoms with Crippen molar-refractivity contribution in [1.82, 2.24) is 5.32 Å². The molecule has 0 aromatic heterocycles. The molecule has 0 fully saturated rings. The molecule has 1 rings (SSSR count). The predicted octanol–water partition coefficient (Wildman–Crippen LogP) is 3.91. The van der Waals surface area contributed by atoms with Crippen LogP contribution in [0.15, 0.2) is 18.2 Å². The first-order valence-corrected chi connectivity index (χ1v) is 7.22. The molecule has 100 valence electrons. The van der Waals surface area contributed by atoms with Gasteiger partial charge in [0.25, 0.3) is 5.91 Å². The van der Waals surface area contributed by atoms with Crippen LogP contribution in [-0.2, 0) is 12.3 Å². The minimum Gasteiger partial charge on any atom is -0.352 e. The van der Waals surface area contributed by atoms with Crippen LogP contribution in [-0.4, -0.2) is 12.5 Å². The van der Waals surface area contributed by atoms with Crippen LogP contribution >= 0.6 is 11.6 Å². The van der Waals surface area contributed by atoms with E-state index < -0.39 is 0 Å². The molecule has 0 aliphatic heterocycles. The van der Waals surface area contributed by atoms with Gasteiger partial charge in [0.2, 0.25) is 0 Å². The molecule has 3 heteroatoms. The minimum absolute atomic E-state index is 0.00902. The van der Waals surface area contributed by atoms with Gasteiger partial charge in [-0.1, -0.05) is 26.3 Å². The van der Waals surface area contributed by atoms with Crippen LogP contribution in [0.5, 0.6) is 0 Å². The summed E-state index contributed by atoms with van der Waals surface area (Å²) in [6, 6.07) is 5.85. The van der Waals surface area contributed by atoms with Crippen LogP contribution in [0.25, 0.3) is 0 Å². The number of amides is 1. The van der Waals surface area contributed by atoms with Crippen LogP contribution in [0, 0.1) is 0 Å². The average Bonchev–Trinajstić information content (AvgIpc) is 2.42. The highest BCUT2D eigenvalue weighted by Crippen LogP contribution is 2.17. The summed E-state index contributed by atoms with van der Waals surface area (Å²) >= 11 is 5.96. The van der Waals surface area contributed by atoms with Crippen molar-refractivity contribution >= 4 is 17.5 Å². The van der Waals surface area contributed by atoms with Crippen molar-refractivity contribution in [2.45, 2.75) is 45.4 Å². The zero-order valence-corrected chi connectivity index (χ0v) is 12.0. The first kappa shape index (κ1) is 15.0. The number of aryl methyl sites for hydroxylation is 1. The Morgan fingerprint density at radius 1 is 1.22 bits per heavy atom. The number of nitrogens with one attached hydrogen (secondary N) is 1. The third-order valence-electron chi connectivity index (χ3n) is 2.95. The first-order valence-electron chi connectivity index (χ1n) is 6.68. The van der Waals surface area contributed by atoms with E-state index in [4.69, 9.17) is 11.6 Å². The molecule has 18 heavy (non-hydrogen) atoms. The van der Waals surface area contributed by atoms with Gasteiger partial charge in [-0.2, -0.15) is 0 Å². The molecule has 1 amide bonds. The Morgan fingerprint density at radius 3 is 2.61 bits per heavy atom. The number of carbonyl (C=O) groups is 1. The Kier molecular flexibility index (Phi) is 6.81. The minimum atomic E-state index is -0.00902. The summed E-state index contributed by atoms with van der Waals surface area (Å²) in [7, 11) is 0. The summed E-state index contributed by atoms with van der Waals surface area (Å²) in [4.78, 5) is 11.8. The van der Waals surface area contributed by atoms with E-state index in [1.807, 2.05) is 25.1 Å². The molecule has 2 nitrogen and oxygen atoms in total. The first-order chi connectivity index (χ1) is 8.72. The molecule has 1 aromatic rings. The van der Waals surface area contributed by atoms with Crippen LogP contribution in [0.3, 0.4) is 0 Å². The summed E-state index contributed by atoms with van der Waals surface area (Å²) in [5, 5.41) is 2.88. The summed E-state index contributed by atoms with van der Waals surface area (Å²) in [5.41, 5.74) is 3.05. The predicted molar refractivity (Wildman–Crippen MR) is 77.2 cm³/mol. The number of halogens is 1. The highest BCUT2D eigenvalue weighted by atomic mass is 35.5. The zero-order chi connectivity index (χ0) is 13.4. The second-order valence-electron chi connectivity index (χ2n) is 4.48. The fourth-order valence-electron chi connectivity index (χ4n) is 1.84. The Labute approximate surface area is 115 Å². The van der Waals surface area contributed by atoms with Gasteiger partial charge >= 0.3 is 0 Å². The molecular formula is C15H22ClNO. The Balaban J connectivity index is 2.80. The Bertz CT molecular complexity index is 390. The van der Waals surface area contributed by atoms with Crippen molar-refractivity contribution in [1.29, 1.82) is 0 Å². The van der Waals surface area contributed by atoms with Gasteiger partial charge in [-0.15, -0.1) is 11.6 Å². The molecule has 0 atom stereocenters. The van der Waals surface area contributed by atoms with E-state index in [0.29, 0.717) is 18.0 Å². The maximum Gasteiger partial charge on any atom is 0.251 e. The largest absolute Gasteiger partial charge is 0.352 e. The van der Waals surface area contributed by atoms with Crippen molar-refractivity contribution in [3.05, 3.63) is 34.9 Å². The maximum absolute atomic E-state index is 11.8. The van der Waals surface area contributed by atoms with Crippen LogP contribution in [0.4, 0.5) is 0 Å². The van der Waals surface area contributed by atoms with Crippen LogP contribution < -0.4 is 5.32 Å². The second kappa shape index (κ2) is 8.15. The summed E-state index contributed by atoms with van der Waals surface area (Å²) in [6.07, 6.45) is 4.31. The highest BCUT2D eigenvalue weighted by Gasteiger charge is 2.08. The number of alkyl halides is 1. The van der Waals surface area contributed by atoms with E-state index in [-0.39, 0.29) is 5.91 Å². The van der Waals surface area contributed by atoms with E-state index in [0.717, 1.165) is 24.8 Å². The van der Waals surface area contributed by atoms with Crippen LogP contribution in [0.1, 0.15) is 54.6 Å². The summed E-state index contributed by atoms with van der Waals surface area (Å²) in [6.45, 7) is 4.93. The van der Waals surface area contributed by atoms with Crippen molar-refractivity contribution in [2.75, 3.05) is 6.54 Å². The molecule has 0 heterocycles. The van der Waals surface area contributed by atoms with Gasteiger partial charge in [0, 0.05) is 18.0 Å². The summed E-state index contributed by atoms with van der Waals surface area (Å²) < 4.78 is 0. The Hall–Kier alpha value is -1.02. The third-order valence-corrected chi connectivity index (χ3v) is 3.24. The maximum atomic E-state index is 11.8. The number of hydrogen-bond acceptors (Lipinski definition) is 1. The normalized spacial score (nSPS) is 10.4. The highest BCUT2D eigenvalue weighted by molar-refractivity contribution is 6.17. The van der Waals surface area contributed by atoms with E-state index in [1.54, 1.807) is 0 Å². The molecule has 0 aliphatic rings. The topological polar surface area (TPSA) is 29.1 Å². The standard InChI is InChI=1S/C15H22ClNO/c1-3-5-6-12-7-8-13(10-14(12)11-16)15(18)17-9-4-2/h7-8,10H,3-6,9,11H2,1-2H3,(H,17,18). The van der Waals surface area contributed by atoms with E-state index >= 15 is 0 Å². The fourth-order valence-corrected chi connectivity index (χ4v) is 2.09. The fraction of sp³-hybridized carbons (Fsp3) is 0.533. The molecule has 1 aromatic carbocycles. The number of benzene rings is 1. The smallest absolute Gasteiger partial charge is 0.251 e. The van der Waals surface area contributed by atoms with E-state index in [9.17, 15) is 4.79 Å². The lowest BCUT2D eigenvalue weighted by Crippen LogP contribution is -2.24. The van der Waals surface area contributed by atoms with Crippen molar-refractivity contribution in [2.24, 2.45) is 0 Å². The van der Waals surface area contributed by atoms with Gasteiger partial charge in [-0.3, -0.25) is 4.79 Å². The SMILES string of the molecule is CCCCc1ccc(C(=O)NCCC)cc1CCl. The van der Waals surface area contributed by atoms with Gasteiger partial charge in [0.15, 0.2) is 0 Å². The molecule has 0 saturated carbocycles. The van der Waals surface area contributed by atoms with Gasteiger partial charge in [0.1, 0.15) is 0 Å². The number of unbranched alkanes of at least 4 members (excludes halogenated alkanes) is 1. The molecule has 0 aliphatic carbocycles. The number of carbonyl (C=O) groups excluding carboxylic acids is 1. The second-order valence-corrected chi connectivity index (χ2v) is 4.74. The Morgan fingerprint density at radius 2 is 2.00 bits per heavy atom. The van der Waals surface area contributed by atoms with E-state index in [2.05, 4.69) is 12.2 Å². The monoisotopic (exact) mass is 267 g/mol. The van der Waals surface area contributed by atoms with Crippen molar-refractivity contribution < 1.29 is 4.79 Å². The van der Waals surface area contributed by atoms with Gasteiger partial charge in [-0.25, -0.2) is 0 Å². The number of rotatable bonds is 7. The molecule has 0 bridgehead atoms. The molecular weight excluding hydrogens is 246 g/mol. The third kappa shape index (κ3) is 4.34. The summed E-state index contributed by atoms with van der Waals surface area (Å²) in [5.74, 6) is 0.457. The lowest BCUT2D eigenvalue weighted by atomic mass is 10.00. The van der Waals surface area contributed by atoms with Crippen molar-refractivity contribution in [3.8, 4) is 0 Å². The van der Waals surface area contributed by atoms with Crippen LogP contribution in [0.2, 0.25) is 0 Å². The molecule has 0 saturated heterocycles. The average molecular weight is 268 g/mol. The van der Waals surface area contributed by atoms with Gasteiger partial charge in [-0.05, 0) is 42.5 Å². The lowest BCUT2D eigenvalue weighted by Gasteiger charge is -2.10. The molecule has 0 unspecified atom stereocenters. The molecule has 0 radical (unpaired) electrons. The molecule has 1 N–H and O–H groups in total. The molecule has 0 spiro atoms. The van der Waals surface area contributed by atoms with E-state index in [1.165, 1.54) is 12.0 Å². The zero-order valence-electron chi connectivity index (χ0n) is 11.3. The van der Waals surface area contributed by atoms with Gasteiger partial charge < -0.3 is 5.32 Å². The number of hydrogen-bond donors (Lipinski definition) is 1. The van der Waals surface area contributed by atoms with Gasteiger partial charge in [0.05, 0.1) is 0 Å². The quantitative estimate of drug-likeness (QED) is 0.746. The lowest BCUT2D eigenvalue weighted by molar-refractivity contribution is 0.0953.